The van der Waals surface area contributed by atoms with Gasteiger partial charge >= 0.3 is 0 Å². The van der Waals surface area contributed by atoms with Gasteiger partial charge in [-0.25, -0.2) is 13.4 Å². The van der Waals surface area contributed by atoms with Crippen LogP contribution in [0.15, 0.2) is 75.8 Å². The molecule has 33 heavy (non-hydrogen) atoms. The molecule has 1 aromatic heterocycles. The quantitative estimate of drug-likeness (QED) is 0.395. The van der Waals surface area contributed by atoms with Crippen LogP contribution in [-0.2, 0) is 9.84 Å². The number of sulfone groups is 1. The molecule has 6 nitrogen and oxygen atoms in total. The van der Waals surface area contributed by atoms with Gasteiger partial charge in [-0.15, -0.1) is 11.3 Å². The van der Waals surface area contributed by atoms with Crippen molar-refractivity contribution in [1.29, 1.82) is 0 Å². The minimum Gasteiger partial charge on any atom is -0.298 e. The Morgan fingerprint density at radius 2 is 1.67 bits per heavy atom. The van der Waals surface area contributed by atoms with Gasteiger partial charge in [0, 0.05) is 27.6 Å². The van der Waals surface area contributed by atoms with Crippen molar-refractivity contribution < 1.29 is 18.0 Å². The first-order valence-corrected chi connectivity index (χ1v) is 12.5. The van der Waals surface area contributed by atoms with Crippen LogP contribution in [0.4, 0.5) is 5.13 Å². The molecule has 0 bridgehead atoms. The van der Waals surface area contributed by atoms with Crippen LogP contribution in [0, 0.1) is 13.8 Å². The van der Waals surface area contributed by atoms with Crippen LogP contribution >= 0.6 is 11.3 Å². The minimum absolute atomic E-state index is 0.0435. The average Bonchev–Trinajstić information content (AvgIpc) is 3.27. The molecule has 164 valence electrons. The third-order valence-corrected chi connectivity index (χ3v) is 8.34. The Morgan fingerprint density at radius 1 is 0.909 bits per heavy atom. The van der Waals surface area contributed by atoms with Crippen molar-refractivity contribution in [3.05, 3.63) is 93.9 Å². The Balaban J connectivity index is 1.44. The van der Waals surface area contributed by atoms with Crippen molar-refractivity contribution in [2.24, 2.45) is 0 Å². The summed E-state index contributed by atoms with van der Waals surface area (Å²) < 4.78 is 26.2. The number of rotatable bonds is 3. The molecule has 4 aromatic rings. The van der Waals surface area contributed by atoms with Gasteiger partial charge in [0.25, 0.3) is 5.91 Å². The fourth-order valence-electron chi connectivity index (χ4n) is 3.76. The zero-order valence-corrected chi connectivity index (χ0v) is 19.4. The molecule has 0 fully saturated rings. The number of nitrogens with one attached hydrogen (secondary N) is 1. The van der Waals surface area contributed by atoms with Crippen molar-refractivity contribution in [2.45, 2.75) is 23.6 Å². The molecular weight excluding hydrogens is 456 g/mol. The fraction of sp³-hybridized carbons (Fsp3) is 0.0800. The summed E-state index contributed by atoms with van der Waals surface area (Å²) in [5.74, 6) is -0.874. The summed E-state index contributed by atoms with van der Waals surface area (Å²) in [6.07, 6.45) is 0. The van der Waals surface area contributed by atoms with Crippen molar-refractivity contribution in [1.82, 2.24) is 4.98 Å². The van der Waals surface area contributed by atoms with Gasteiger partial charge in [0.05, 0.1) is 15.5 Å². The van der Waals surface area contributed by atoms with E-state index in [4.69, 9.17) is 0 Å². The van der Waals surface area contributed by atoms with E-state index in [1.807, 2.05) is 37.4 Å². The van der Waals surface area contributed by atoms with E-state index in [0.29, 0.717) is 5.13 Å². The van der Waals surface area contributed by atoms with E-state index < -0.39 is 15.7 Å². The number of thiazole rings is 1. The molecule has 1 N–H and O–H groups in total. The van der Waals surface area contributed by atoms with Gasteiger partial charge in [-0.1, -0.05) is 24.3 Å². The Morgan fingerprint density at radius 3 is 2.45 bits per heavy atom. The third-order valence-electron chi connectivity index (χ3n) is 5.73. The lowest BCUT2D eigenvalue weighted by molar-refractivity contribution is 0.101. The molecule has 1 aliphatic rings. The maximum atomic E-state index is 13.1. The molecule has 3 aromatic carbocycles. The second-order valence-electron chi connectivity index (χ2n) is 7.83. The van der Waals surface area contributed by atoms with Crippen LogP contribution in [-0.4, -0.2) is 25.1 Å². The predicted octanol–water partition coefficient (Wildman–Crippen LogP) is 5.06. The standard InChI is InChI=1S/C25H18N2O4S2/c1-14-7-8-16(11-15(14)2)20-13-32-25(26-20)27-24(29)17-9-10-19-22(12-17)33(30,31)21-6-4-3-5-18(21)23(19)28/h3-13H,1-2H3,(H,26,27,29). The number of nitrogens with zero attached hydrogens (tertiary/aromatic N) is 1. The number of hydrogen-bond acceptors (Lipinski definition) is 6. The van der Waals surface area contributed by atoms with E-state index in [1.54, 1.807) is 12.1 Å². The lowest BCUT2D eigenvalue weighted by atomic mass is 10.0. The normalized spacial score (nSPS) is 13.8. The number of carbonyl (C=O) groups is 2. The molecule has 1 aliphatic heterocycles. The van der Waals surface area contributed by atoms with Gasteiger partial charge in [0.15, 0.2) is 10.9 Å². The number of aromatic nitrogens is 1. The van der Waals surface area contributed by atoms with Crippen LogP contribution < -0.4 is 5.32 Å². The molecular formula is C25H18N2O4S2. The molecule has 0 aliphatic carbocycles. The van der Waals surface area contributed by atoms with Gasteiger partial charge in [0.2, 0.25) is 9.84 Å². The van der Waals surface area contributed by atoms with Gasteiger partial charge in [-0.2, -0.15) is 0 Å². The van der Waals surface area contributed by atoms with E-state index in [1.165, 1.54) is 47.2 Å². The van der Waals surface area contributed by atoms with E-state index in [-0.39, 0.29) is 32.3 Å². The van der Waals surface area contributed by atoms with Crippen molar-refractivity contribution in [3.63, 3.8) is 0 Å². The number of amides is 1. The molecule has 0 saturated carbocycles. The number of hydrogen-bond donors (Lipinski definition) is 1. The monoisotopic (exact) mass is 474 g/mol. The Bertz CT molecular complexity index is 1570. The van der Waals surface area contributed by atoms with E-state index in [9.17, 15) is 18.0 Å². The zero-order chi connectivity index (χ0) is 23.3. The molecule has 0 unspecified atom stereocenters. The Hall–Kier alpha value is -3.62. The molecule has 0 atom stereocenters. The van der Waals surface area contributed by atoms with Crippen LogP contribution in [0.3, 0.4) is 0 Å². The zero-order valence-electron chi connectivity index (χ0n) is 17.7. The van der Waals surface area contributed by atoms with E-state index in [0.717, 1.165) is 16.8 Å². The van der Waals surface area contributed by atoms with Crippen molar-refractivity contribution in [3.8, 4) is 11.3 Å². The highest BCUT2D eigenvalue weighted by molar-refractivity contribution is 7.91. The summed E-state index contributed by atoms with van der Waals surface area (Å²) in [5.41, 5.74) is 4.37. The van der Waals surface area contributed by atoms with Gasteiger partial charge in [0.1, 0.15) is 0 Å². The summed E-state index contributed by atoms with van der Waals surface area (Å²) in [6, 6.07) is 16.2. The molecule has 0 saturated heterocycles. The third kappa shape index (κ3) is 3.57. The highest BCUT2D eigenvalue weighted by Crippen LogP contribution is 2.35. The number of carbonyl (C=O) groups excluding carboxylic acids is 2. The van der Waals surface area contributed by atoms with E-state index >= 15 is 0 Å². The molecule has 5 rings (SSSR count). The van der Waals surface area contributed by atoms with Crippen LogP contribution in [0.25, 0.3) is 11.3 Å². The summed E-state index contributed by atoms with van der Waals surface area (Å²) in [6.45, 7) is 4.07. The maximum absolute atomic E-state index is 13.1. The van der Waals surface area contributed by atoms with Crippen LogP contribution in [0.2, 0.25) is 0 Å². The SMILES string of the molecule is Cc1ccc(-c2csc(NC(=O)c3ccc4c(c3)S(=O)(=O)c3ccccc3C4=O)n2)cc1C. The van der Waals surface area contributed by atoms with Gasteiger partial charge in [-0.3, -0.25) is 14.9 Å². The first-order chi connectivity index (χ1) is 15.8. The highest BCUT2D eigenvalue weighted by atomic mass is 32.2. The highest BCUT2D eigenvalue weighted by Gasteiger charge is 2.35. The summed E-state index contributed by atoms with van der Waals surface area (Å²) in [5, 5.41) is 4.98. The van der Waals surface area contributed by atoms with Crippen molar-refractivity contribution >= 4 is 38.0 Å². The molecule has 1 amide bonds. The lowest BCUT2D eigenvalue weighted by Gasteiger charge is -2.19. The number of benzene rings is 3. The van der Waals surface area contributed by atoms with Crippen molar-refractivity contribution in [2.75, 3.05) is 5.32 Å². The molecule has 0 radical (unpaired) electrons. The molecule has 2 heterocycles. The molecule has 8 heteroatoms. The maximum Gasteiger partial charge on any atom is 0.257 e. The van der Waals surface area contributed by atoms with E-state index in [2.05, 4.69) is 10.3 Å². The lowest BCUT2D eigenvalue weighted by Crippen LogP contribution is -2.21. The Labute approximate surface area is 194 Å². The van der Waals surface area contributed by atoms with Crippen LogP contribution in [0.1, 0.15) is 37.4 Å². The van der Waals surface area contributed by atoms with Crippen LogP contribution in [0.5, 0.6) is 0 Å². The van der Waals surface area contributed by atoms with Gasteiger partial charge in [-0.05, 0) is 61.4 Å². The first-order valence-electron chi connectivity index (χ1n) is 10.1. The number of anilines is 1. The molecule has 0 spiro atoms. The number of aryl methyl sites for hydroxylation is 2. The summed E-state index contributed by atoms with van der Waals surface area (Å²) in [4.78, 5) is 29.9. The summed E-state index contributed by atoms with van der Waals surface area (Å²) >= 11 is 1.28. The average molecular weight is 475 g/mol. The fourth-order valence-corrected chi connectivity index (χ4v) is 6.15. The predicted molar refractivity (Wildman–Crippen MR) is 127 cm³/mol. The summed E-state index contributed by atoms with van der Waals surface area (Å²) in [7, 11) is -3.92. The number of ketones is 1. The second-order valence-corrected chi connectivity index (χ2v) is 10.6. The minimum atomic E-state index is -3.92. The number of fused-ring (bicyclic) bond motifs is 2. The first kappa shape index (κ1) is 21.2. The topological polar surface area (TPSA) is 93.2 Å². The second kappa shape index (κ2) is 7.75. The smallest absolute Gasteiger partial charge is 0.257 e. The van der Waals surface area contributed by atoms with Gasteiger partial charge < -0.3 is 0 Å². The largest absolute Gasteiger partial charge is 0.298 e. The Kier molecular flexibility index (Phi) is 4.99.